The van der Waals surface area contributed by atoms with E-state index in [1.54, 1.807) is 65.6 Å². The fraction of sp³-hybridized carbons (Fsp3) is 0.143. The van der Waals surface area contributed by atoms with Crippen molar-refractivity contribution < 1.29 is 14.8 Å². The summed E-state index contributed by atoms with van der Waals surface area (Å²) in [4.78, 5) is 26.2. The molecule has 0 amide bonds. The molecule has 3 aromatic carbocycles. The summed E-state index contributed by atoms with van der Waals surface area (Å²) >= 11 is 6.11. The third-order valence-electron chi connectivity index (χ3n) is 6.56. The SMILES string of the molecule is N=C1/C(=C(/O)c2ccccc2)[C@@H](c2cccc([N+](=O)[O-])c2)C2=C(CCCC2=O)N1c1ccc(Cl)cc1. The molecule has 0 saturated heterocycles. The fourth-order valence-corrected chi connectivity index (χ4v) is 5.10. The predicted octanol–water partition coefficient (Wildman–Crippen LogP) is 6.81. The van der Waals surface area contributed by atoms with E-state index in [2.05, 4.69) is 0 Å². The number of Topliss-reactive ketones (excluding diaryl/α,β-unsaturated/α-hetero) is 1. The Kier molecular flexibility index (Phi) is 6.16. The van der Waals surface area contributed by atoms with Gasteiger partial charge in [0.25, 0.3) is 5.69 Å². The second-order valence-corrected chi connectivity index (χ2v) is 9.15. The molecule has 0 unspecified atom stereocenters. The highest BCUT2D eigenvalue weighted by Gasteiger charge is 2.43. The number of non-ortho nitro benzene ring substituents is 1. The highest BCUT2D eigenvalue weighted by atomic mass is 35.5. The van der Waals surface area contributed by atoms with Crippen molar-refractivity contribution in [3.05, 3.63) is 122 Å². The molecule has 0 bridgehead atoms. The van der Waals surface area contributed by atoms with Gasteiger partial charge in [0.2, 0.25) is 0 Å². The van der Waals surface area contributed by atoms with Crippen LogP contribution in [0.4, 0.5) is 11.4 Å². The van der Waals surface area contributed by atoms with Crippen molar-refractivity contribution in [1.29, 1.82) is 5.41 Å². The monoisotopic (exact) mass is 499 g/mol. The van der Waals surface area contributed by atoms with E-state index in [9.17, 15) is 25.4 Å². The van der Waals surface area contributed by atoms with Crippen molar-refractivity contribution >= 4 is 40.4 Å². The molecule has 0 aromatic heterocycles. The summed E-state index contributed by atoms with van der Waals surface area (Å²) in [6.07, 6.45) is 1.50. The van der Waals surface area contributed by atoms with Crippen molar-refractivity contribution in [2.45, 2.75) is 25.2 Å². The number of carbonyl (C=O) groups is 1. The Bertz CT molecular complexity index is 1450. The maximum atomic E-state index is 13.5. The van der Waals surface area contributed by atoms with Crippen molar-refractivity contribution in [1.82, 2.24) is 0 Å². The zero-order valence-electron chi connectivity index (χ0n) is 19.1. The molecule has 0 radical (unpaired) electrons. The molecule has 0 fully saturated rings. The van der Waals surface area contributed by atoms with Crippen LogP contribution in [0, 0.1) is 15.5 Å². The zero-order chi connectivity index (χ0) is 25.4. The summed E-state index contributed by atoms with van der Waals surface area (Å²) in [5, 5.41) is 32.9. The van der Waals surface area contributed by atoms with Crippen LogP contribution in [0.3, 0.4) is 0 Å². The number of allylic oxidation sites excluding steroid dienone is 2. The van der Waals surface area contributed by atoms with Crippen LogP contribution in [0.2, 0.25) is 5.02 Å². The van der Waals surface area contributed by atoms with Crippen LogP contribution in [0.1, 0.15) is 36.3 Å². The van der Waals surface area contributed by atoms with Crippen molar-refractivity contribution in [3.63, 3.8) is 0 Å². The molecule has 1 atom stereocenters. The molecule has 1 aliphatic heterocycles. The van der Waals surface area contributed by atoms with Crippen LogP contribution < -0.4 is 4.90 Å². The highest BCUT2D eigenvalue weighted by molar-refractivity contribution is 6.30. The number of ketones is 1. The lowest BCUT2D eigenvalue weighted by Gasteiger charge is -2.41. The van der Waals surface area contributed by atoms with Gasteiger partial charge >= 0.3 is 0 Å². The van der Waals surface area contributed by atoms with E-state index in [0.717, 1.165) is 0 Å². The number of amidine groups is 1. The maximum Gasteiger partial charge on any atom is 0.269 e. The summed E-state index contributed by atoms with van der Waals surface area (Å²) in [7, 11) is 0. The van der Waals surface area contributed by atoms with Gasteiger partial charge in [-0.3, -0.25) is 25.2 Å². The number of nitro benzene ring substituents is 1. The van der Waals surface area contributed by atoms with E-state index < -0.39 is 10.8 Å². The Morgan fingerprint density at radius 2 is 1.75 bits per heavy atom. The van der Waals surface area contributed by atoms with Gasteiger partial charge < -0.3 is 5.11 Å². The summed E-state index contributed by atoms with van der Waals surface area (Å²) in [6, 6.07) is 21.8. The van der Waals surface area contributed by atoms with Gasteiger partial charge in [0, 0.05) is 57.6 Å². The number of nitrogens with one attached hydrogen (secondary N) is 1. The van der Waals surface area contributed by atoms with Gasteiger partial charge in [0.05, 0.1) is 4.92 Å². The molecule has 36 heavy (non-hydrogen) atoms. The third kappa shape index (κ3) is 4.07. The van der Waals surface area contributed by atoms with Crippen LogP contribution in [-0.2, 0) is 4.79 Å². The minimum atomic E-state index is -0.830. The molecular weight excluding hydrogens is 478 g/mol. The molecule has 180 valence electrons. The van der Waals surface area contributed by atoms with Gasteiger partial charge in [-0.05, 0) is 42.7 Å². The fourth-order valence-electron chi connectivity index (χ4n) is 4.97. The number of benzene rings is 3. The van der Waals surface area contributed by atoms with E-state index in [1.165, 1.54) is 12.1 Å². The van der Waals surface area contributed by atoms with E-state index in [0.29, 0.717) is 52.4 Å². The zero-order valence-corrected chi connectivity index (χ0v) is 19.9. The lowest BCUT2D eigenvalue weighted by Crippen LogP contribution is -2.42. The quantitative estimate of drug-likeness (QED) is 0.233. The summed E-state index contributed by atoms with van der Waals surface area (Å²) in [6.45, 7) is 0. The number of hydrogen-bond donors (Lipinski definition) is 2. The Hall–Kier alpha value is -4.23. The number of rotatable bonds is 4. The van der Waals surface area contributed by atoms with Crippen LogP contribution in [-0.4, -0.2) is 21.6 Å². The molecular formula is C28H22ClN3O4. The molecule has 0 spiro atoms. The van der Waals surface area contributed by atoms with Gasteiger partial charge in [-0.1, -0.05) is 54.1 Å². The highest BCUT2D eigenvalue weighted by Crippen LogP contribution is 2.48. The number of nitrogens with zero attached hydrogens (tertiary/aromatic N) is 2. The van der Waals surface area contributed by atoms with Gasteiger partial charge in [0.15, 0.2) is 5.78 Å². The number of aliphatic hydroxyl groups excluding tert-OH is 1. The van der Waals surface area contributed by atoms with Crippen molar-refractivity contribution in [3.8, 4) is 0 Å². The molecule has 7 nitrogen and oxygen atoms in total. The largest absolute Gasteiger partial charge is 0.507 e. The number of carbonyl (C=O) groups excluding carboxylic acids is 1. The van der Waals surface area contributed by atoms with Gasteiger partial charge in [-0.15, -0.1) is 0 Å². The Balaban J connectivity index is 1.83. The summed E-state index contributed by atoms with van der Waals surface area (Å²) < 4.78 is 0. The third-order valence-corrected chi connectivity index (χ3v) is 6.81. The number of anilines is 1. The van der Waals surface area contributed by atoms with Crippen molar-refractivity contribution in [2.24, 2.45) is 0 Å². The first kappa shape index (κ1) is 23.5. The van der Waals surface area contributed by atoms with E-state index >= 15 is 0 Å². The number of hydrogen-bond acceptors (Lipinski definition) is 5. The van der Waals surface area contributed by atoms with Crippen LogP contribution in [0.15, 0.2) is 95.7 Å². The molecule has 2 N–H and O–H groups in total. The number of halogens is 1. The molecule has 1 heterocycles. The van der Waals surface area contributed by atoms with Crippen molar-refractivity contribution in [2.75, 3.05) is 4.90 Å². The molecule has 8 heteroatoms. The average molecular weight is 500 g/mol. The summed E-state index contributed by atoms with van der Waals surface area (Å²) in [5.41, 5.74) is 2.81. The van der Waals surface area contributed by atoms with Crippen LogP contribution >= 0.6 is 11.6 Å². The molecule has 3 aromatic rings. The minimum Gasteiger partial charge on any atom is -0.507 e. The molecule has 0 saturated carbocycles. The van der Waals surface area contributed by atoms with Gasteiger partial charge in [-0.2, -0.15) is 0 Å². The first-order valence-electron chi connectivity index (χ1n) is 11.5. The smallest absolute Gasteiger partial charge is 0.269 e. The average Bonchev–Trinajstić information content (AvgIpc) is 2.89. The van der Waals surface area contributed by atoms with Gasteiger partial charge in [-0.25, -0.2) is 0 Å². The predicted molar refractivity (Wildman–Crippen MR) is 139 cm³/mol. The Labute approximate surface area is 212 Å². The maximum absolute atomic E-state index is 13.5. The minimum absolute atomic E-state index is 0.00336. The second-order valence-electron chi connectivity index (χ2n) is 8.71. The lowest BCUT2D eigenvalue weighted by molar-refractivity contribution is -0.384. The first-order valence-corrected chi connectivity index (χ1v) is 11.9. The van der Waals surface area contributed by atoms with E-state index in [-0.39, 0.29) is 28.6 Å². The molecule has 2 aliphatic rings. The lowest BCUT2D eigenvalue weighted by atomic mass is 9.73. The Morgan fingerprint density at radius 3 is 2.44 bits per heavy atom. The summed E-state index contributed by atoms with van der Waals surface area (Å²) in [5.74, 6) is -1.08. The first-order chi connectivity index (χ1) is 17.4. The number of aliphatic hydroxyl groups is 1. The second kappa shape index (κ2) is 9.43. The molecule has 5 rings (SSSR count). The van der Waals surface area contributed by atoms with Gasteiger partial charge in [0.1, 0.15) is 11.6 Å². The Morgan fingerprint density at radius 1 is 1.03 bits per heavy atom. The normalized spacial score (nSPS) is 19.2. The van der Waals surface area contributed by atoms with E-state index in [4.69, 9.17) is 11.6 Å². The number of nitro groups is 1. The van der Waals surface area contributed by atoms with Crippen LogP contribution in [0.5, 0.6) is 0 Å². The standard InChI is InChI=1S/C28H22ClN3O4/c29-19-12-14-20(15-13-19)31-22-10-5-11-23(33)25(22)24(18-8-4-9-21(16-18)32(35)36)26(28(31)30)27(34)17-6-2-1-3-7-17/h1-4,6-9,12-16,24,30,34H,5,10-11H2/b27-26+,30-28?/t24-/m0/s1. The topological polar surface area (TPSA) is 108 Å². The van der Waals surface area contributed by atoms with Crippen LogP contribution in [0.25, 0.3) is 5.76 Å². The van der Waals surface area contributed by atoms with E-state index in [1.807, 2.05) is 6.07 Å². The molecule has 1 aliphatic carbocycles.